The summed E-state index contributed by atoms with van der Waals surface area (Å²) in [7, 11) is 0. The van der Waals surface area contributed by atoms with Crippen LogP contribution in [0, 0.1) is 0 Å². The Morgan fingerprint density at radius 1 is 1.12 bits per heavy atom. The molecule has 0 spiro atoms. The van der Waals surface area contributed by atoms with Gasteiger partial charge < -0.3 is 9.73 Å². The first-order valence-electron chi connectivity index (χ1n) is 7.38. The lowest BCUT2D eigenvalue weighted by molar-refractivity contribution is -0.115. The molecule has 24 heavy (non-hydrogen) atoms. The highest BCUT2D eigenvalue weighted by atomic mass is 32.2. The van der Waals surface area contributed by atoms with Crippen LogP contribution in [0.15, 0.2) is 58.2 Å². The lowest BCUT2D eigenvalue weighted by Crippen LogP contribution is -2.22. The summed E-state index contributed by atoms with van der Waals surface area (Å²) < 4.78 is 6.69. The standard InChI is InChI=1S/C17H13N3O2S2/c1-10(23-17-19-11-6-2-4-8-13(11)22-17)15(21)20-16-18-12-7-3-5-9-14(12)24-16/h2-10H,1H3,(H,18,20,21). The minimum absolute atomic E-state index is 0.124. The largest absolute Gasteiger partial charge is 0.431 e. The van der Waals surface area contributed by atoms with E-state index in [1.165, 1.54) is 23.1 Å². The van der Waals surface area contributed by atoms with Crippen molar-refractivity contribution in [3.63, 3.8) is 0 Å². The fourth-order valence-electron chi connectivity index (χ4n) is 2.24. The van der Waals surface area contributed by atoms with Crippen LogP contribution in [-0.4, -0.2) is 21.1 Å². The number of anilines is 1. The topological polar surface area (TPSA) is 68.0 Å². The van der Waals surface area contributed by atoms with Crippen LogP contribution in [0.5, 0.6) is 0 Å². The first-order valence-corrected chi connectivity index (χ1v) is 9.07. The lowest BCUT2D eigenvalue weighted by Gasteiger charge is -2.07. The number of thioether (sulfide) groups is 1. The SMILES string of the molecule is CC(Sc1nc2ccccc2o1)C(=O)Nc1nc2ccccc2s1. The summed E-state index contributed by atoms with van der Waals surface area (Å²) in [4.78, 5) is 21.2. The molecule has 1 amide bonds. The van der Waals surface area contributed by atoms with Crippen molar-refractivity contribution < 1.29 is 9.21 Å². The van der Waals surface area contributed by atoms with Crippen LogP contribution in [0.25, 0.3) is 21.3 Å². The maximum Gasteiger partial charge on any atom is 0.257 e. The highest BCUT2D eigenvalue weighted by Crippen LogP contribution is 2.29. The van der Waals surface area contributed by atoms with Crippen molar-refractivity contribution in [3.05, 3.63) is 48.5 Å². The summed E-state index contributed by atoms with van der Waals surface area (Å²) in [5.41, 5.74) is 2.40. The van der Waals surface area contributed by atoms with E-state index in [-0.39, 0.29) is 11.2 Å². The first-order chi connectivity index (χ1) is 11.7. The minimum Gasteiger partial charge on any atom is -0.431 e. The van der Waals surface area contributed by atoms with Crippen LogP contribution < -0.4 is 5.32 Å². The Morgan fingerprint density at radius 2 is 1.88 bits per heavy atom. The number of fused-ring (bicyclic) bond motifs is 2. The summed E-state index contributed by atoms with van der Waals surface area (Å²) in [5, 5.41) is 3.61. The van der Waals surface area contributed by atoms with Crippen LogP contribution in [0.2, 0.25) is 0 Å². The van der Waals surface area contributed by atoms with E-state index in [2.05, 4.69) is 15.3 Å². The molecule has 4 aromatic rings. The number of amides is 1. The number of para-hydroxylation sites is 3. The Labute approximate surface area is 146 Å². The van der Waals surface area contributed by atoms with Crippen molar-refractivity contribution in [1.29, 1.82) is 0 Å². The van der Waals surface area contributed by atoms with Gasteiger partial charge in [0.1, 0.15) is 5.52 Å². The van der Waals surface area contributed by atoms with Crippen LogP contribution in [-0.2, 0) is 4.79 Å². The number of thiazole rings is 1. The fourth-order valence-corrected chi connectivity index (χ4v) is 3.87. The zero-order valence-corrected chi connectivity index (χ0v) is 14.4. The van der Waals surface area contributed by atoms with Gasteiger partial charge in [0.2, 0.25) is 5.91 Å². The molecule has 0 fully saturated rings. The Morgan fingerprint density at radius 3 is 2.67 bits per heavy atom. The maximum absolute atomic E-state index is 12.4. The van der Waals surface area contributed by atoms with E-state index in [4.69, 9.17) is 4.42 Å². The van der Waals surface area contributed by atoms with E-state index in [9.17, 15) is 4.79 Å². The second-order valence-corrected chi connectivity index (χ2v) is 7.51. The van der Waals surface area contributed by atoms with Crippen LogP contribution in [0.4, 0.5) is 5.13 Å². The molecule has 1 N–H and O–H groups in total. The third-order valence-corrected chi connectivity index (χ3v) is 5.34. The molecule has 0 radical (unpaired) electrons. The number of aromatic nitrogens is 2. The second kappa shape index (κ2) is 6.26. The zero-order valence-electron chi connectivity index (χ0n) is 12.7. The van der Waals surface area contributed by atoms with Gasteiger partial charge in [0.05, 0.1) is 15.5 Å². The molecule has 2 aromatic carbocycles. The van der Waals surface area contributed by atoms with Gasteiger partial charge >= 0.3 is 0 Å². The van der Waals surface area contributed by atoms with Crippen molar-refractivity contribution in [3.8, 4) is 0 Å². The number of rotatable bonds is 4. The molecule has 0 saturated carbocycles. The number of nitrogens with zero attached hydrogens (tertiary/aromatic N) is 2. The van der Waals surface area contributed by atoms with Crippen molar-refractivity contribution >= 4 is 55.5 Å². The Kier molecular flexibility index (Phi) is 3.95. The smallest absolute Gasteiger partial charge is 0.257 e. The van der Waals surface area contributed by atoms with Gasteiger partial charge in [-0.1, -0.05) is 47.4 Å². The molecule has 1 atom stereocenters. The van der Waals surface area contributed by atoms with E-state index in [0.29, 0.717) is 10.4 Å². The second-order valence-electron chi connectivity index (χ2n) is 5.18. The van der Waals surface area contributed by atoms with Gasteiger partial charge in [-0.3, -0.25) is 4.79 Å². The van der Waals surface area contributed by atoms with E-state index in [1.807, 2.05) is 55.5 Å². The summed E-state index contributed by atoms with van der Waals surface area (Å²) >= 11 is 2.75. The van der Waals surface area contributed by atoms with E-state index < -0.39 is 0 Å². The summed E-state index contributed by atoms with van der Waals surface area (Å²) in [6.07, 6.45) is 0. The monoisotopic (exact) mass is 355 g/mol. The number of nitrogens with one attached hydrogen (secondary N) is 1. The van der Waals surface area contributed by atoms with Gasteiger partial charge in [-0.2, -0.15) is 0 Å². The summed E-state index contributed by atoms with van der Waals surface area (Å²) in [5.74, 6) is -0.124. The Hall–Kier alpha value is -2.38. The quantitative estimate of drug-likeness (QED) is 0.544. The first kappa shape index (κ1) is 15.2. The highest BCUT2D eigenvalue weighted by molar-refractivity contribution is 8.00. The number of benzene rings is 2. The predicted molar refractivity (Wildman–Crippen MR) is 97.6 cm³/mol. The third kappa shape index (κ3) is 3.00. The maximum atomic E-state index is 12.4. The lowest BCUT2D eigenvalue weighted by atomic mass is 10.3. The van der Waals surface area contributed by atoms with Crippen molar-refractivity contribution in [2.45, 2.75) is 17.4 Å². The molecular formula is C17H13N3O2S2. The molecule has 2 aromatic heterocycles. The van der Waals surface area contributed by atoms with Gasteiger partial charge in [0.25, 0.3) is 5.22 Å². The highest BCUT2D eigenvalue weighted by Gasteiger charge is 2.19. The average Bonchev–Trinajstić information content (AvgIpc) is 3.16. The molecule has 120 valence electrons. The van der Waals surface area contributed by atoms with Crippen LogP contribution in [0.1, 0.15) is 6.92 Å². The normalized spacial score (nSPS) is 12.5. The fraction of sp³-hybridized carbons (Fsp3) is 0.118. The zero-order chi connectivity index (χ0) is 16.5. The van der Waals surface area contributed by atoms with Crippen LogP contribution >= 0.6 is 23.1 Å². The minimum atomic E-state index is -0.343. The predicted octanol–water partition coefficient (Wildman–Crippen LogP) is 4.56. The average molecular weight is 355 g/mol. The van der Waals surface area contributed by atoms with Gasteiger partial charge in [-0.15, -0.1) is 0 Å². The number of oxazole rings is 1. The van der Waals surface area contributed by atoms with Gasteiger partial charge in [-0.05, 0) is 31.2 Å². The molecule has 2 heterocycles. The van der Waals surface area contributed by atoms with Crippen molar-refractivity contribution in [2.24, 2.45) is 0 Å². The molecule has 1 unspecified atom stereocenters. The van der Waals surface area contributed by atoms with Gasteiger partial charge in [0.15, 0.2) is 10.7 Å². The van der Waals surface area contributed by atoms with Crippen LogP contribution in [0.3, 0.4) is 0 Å². The van der Waals surface area contributed by atoms with E-state index in [0.717, 1.165) is 21.3 Å². The molecular weight excluding hydrogens is 342 g/mol. The number of hydrogen-bond acceptors (Lipinski definition) is 6. The molecule has 5 nitrogen and oxygen atoms in total. The molecule has 0 aliphatic carbocycles. The molecule has 4 rings (SSSR count). The van der Waals surface area contributed by atoms with E-state index in [1.54, 1.807) is 0 Å². The third-order valence-electron chi connectivity index (χ3n) is 3.45. The van der Waals surface area contributed by atoms with Gasteiger partial charge in [0, 0.05) is 0 Å². The molecule has 0 aliphatic rings. The molecule has 0 saturated heterocycles. The molecule has 7 heteroatoms. The molecule has 0 bridgehead atoms. The summed E-state index contributed by atoms with van der Waals surface area (Å²) in [6.45, 7) is 1.82. The number of carbonyl (C=O) groups excluding carboxylic acids is 1. The molecule has 0 aliphatic heterocycles. The van der Waals surface area contributed by atoms with E-state index >= 15 is 0 Å². The summed E-state index contributed by atoms with van der Waals surface area (Å²) in [6, 6.07) is 15.3. The number of hydrogen-bond donors (Lipinski definition) is 1. The van der Waals surface area contributed by atoms with Crippen molar-refractivity contribution in [1.82, 2.24) is 9.97 Å². The van der Waals surface area contributed by atoms with Crippen molar-refractivity contribution in [2.75, 3.05) is 5.32 Å². The Balaban J connectivity index is 1.47. The van der Waals surface area contributed by atoms with Gasteiger partial charge in [-0.25, -0.2) is 9.97 Å². The number of carbonyl (C=O) groups is 1. The Bertz CT molecular complexity index is 959.